The molecule has 0 aliphatic heterocycles. The highest BCUT2D eigenvalue weighted by Gasteiger charge is 2.24. The normalized spacial score (nSPS) is 10.8. The second-order valence-electron chi connectivity index (χ2n) is 3.34. The van der Waals surface area contributed by atoms with Crippen molar-refractivity contribution in [3.63, 3.8) is 0 Å². The summed E-state index contributed by atoms with van der Waals surface area (Å²) in [5.74, 6) is -2.25. The van der Waals surface area contributed by atoms with Crippen LogP contribution in [0.5, 0.6) is 5.75 Å². The van der Waals surface area contributed by atoms with E-state index in [9.17, 15) is 28.5 Å². The number of alkyl halides is 2. The average molecular weight is 287 g/mol. The Kier molecular flexibility index (Phi) is 4.84. The van der Waals surface area contributed by atoms with Crippen LogP contribution in [0.3, 0.4) is 0 Å². The number of carbonyl (C=O) groups excluding carboxylic acids is 1. The van der Waals surface area contributed by atoms with Gasteiger partial charge in [0.05, 0.1) is 10.5 Å². The standard InChI is InChI=1S/C11H7F2NO6/c12-11(13)20-10-7(5-15)6(2-4-9(16)17)1-3-8(10)14(18)19/h1-5,11H,(H,16,17)/b4-2+. The van der Waals surface area contributed by atoms with Crippen LogP contribution in [0.2, 0.25) is 0 Å². The van der Waals surface area contributed by atoms with E-state index in [2.05, 4.69) is 4.74 Å². The van der Waals surface area contributed by atoms with Gasteiger partial charge in [0.1, 0.15) is 0 Å². The Morgan fingerprint density at radius 3 is 2.55 bits per heavy atom. The van der Waals surface area contributed by atoms with E-state index in [4.69, 9.17) is 5.11 Å². The molecule has 0 atom stereocenters. The SMILES string of the molecule is O=Cc1c(/C=C/C(=O)O)ccc([N+](=O)[O-])c1OC(F)F. The molecule has 0 aromatic heterocycles. The summed E-state index contributed by atoms with van der Waals surface area (Å²) < 4.78 is 28.5. The van der Waals surface area contributed by atoms with Crippen LogP contribution in [0.1, 0.15) is 15.9 Å². The zero-order chi connectivity index (χ0) is 15.3. The van der Waals surface area contributed by atoms with Crippen molar-refractivity contribution in [1.29, 1.82) is 0 Å². The van der Waals surface area contributed by atoms with Crippen molar-refractivity contribution < 1.29 is 33.1 Å². The van der Waals surface area contributed by atoms with E-state index in [1.165, 1.54) is 0 Å². The van der Waals surface area contributed by atoms with Gasteiger partial charge >= 0.3 is 18.3 Å². The number of carboxylic acid groups (broad SMARTS) is 1. The first-order valence-corrected chi connectivity index (χ1v) is 4.99. The number of aliphatic carboxylic acids is 1. The molecule has 1 aromatic carbocycles. The summed E-state index contributed by atoms with van der Waals surface area (Å²) in [5, 5.41) is 19.2. The van der Waals surface area contributed by atoms with E-state index in [0.717, 1.165) is 18.2 Å². The van der Waals surface area contributed by atoms with E-state index in [0.29, 0.717) is 6.08 Å². The molecule has 0 aliphatic rings. The largest absolute Gasteiger partial charge is 0.478 e. The summed E-state index contributed by atoms with van der Waals surface area (Å²) in [5.41, 5.74) is -1.44. The summed E-state index contributed by atoms with van der Waals surface area (Å²) in [6.07, 6.45) is 1.67. The van der Waals surface area contributed by atoms with E-state index in [-0.39, 0.29) is 11.8 Å². The molecule has 0 bridgehead atoms. The Labute approximate surface area is 110 Å². The monoisotopic (exact) mass is 287 g/mol. The smallest absolute Gasteiger partial charge is 0.387 e. The Balaban J connectivity index is 3.47. The molecule has 0 amide bonds. The molecule has 0 saturated carbocycles. The fourth-order valence-corrected chi connectivity index (χ4v) is 1.39. The molecule has 0 radical (unpaired) electrons. The third-order valence-corrected chi connectivity index (χ3v) is 2.14. The second kappa shape index (κ2) is 6.36. The number of carbonyl (C=O) groups is 2. The third-order valence-electron chi connectivity index (χ3n) is 2.14. The van der Waals surface area contributed by atoms with E-state index in [1.807, 2.05) is 0 Å². The van der Waals surface area contributed by atoms with Crippen LogP contribution < -0.4 is 4.74 Å². The molecule has 0 heterocycles. The van der Waals surface area contributed by atoms with Crippen LogP contribution in [0.15, 0.2) is 18.2 Å². The maximum Gasteiger partial charge on any atom is 0.387 e. The fourth-order valence-electron chi connectivity index (χ4n) is 1.39. The molecule has 0 aliphatic carbocycles. The first-order valence-electron chi connectivity index (χ1n) is 4.99. The van der Waals surface area contributed by atoms with Gasteiger partial charge in [0.2, 0.25) is 5.75 Å². The van der Waals surface area contributed by atoms with E-state index in [1.54, 1.807) is 0 Å². The minimum Gasteiger partial charge on any atom is -0.478 e. The van der Waals surface area contributed by atoms with Gasteiger partial charge in [-0.1, -0.05) is 0 Å². The van der Waals surface area contributed by atoms with Crippen LogP contribution in [0, 0.1) is 10.1 Å². The van der Waals surface area contributed by atoms with Gasteiger partial charge in [-0.3, -0.25) is 14.9 Å². The van der Waals surface area contributed by atoms with Crippen molar-refractivity contribution in [3.8, 4) is 5.75 Å². The number of rotatable bonds is 6. The quantitative estimate of drug-likeness (QED) is 0.371. The molecular weight excluding hydrogens is 280 g/mol. The molecule has 0 fully saturated rings. The molecule has 1 aromatic rings. The van der Waals surface area contributed by atoms with Crippen LogP contribution in [-0.2, 0) is 4.79 Å². The lowest BCUT2D eigenvalue weighted by Gasteiger charge is -2.09. The third kappa shape index (κ3) is 3.57. The first kappa shape index (κ1) is 15.2. The Bertz CT molecular complexity index is 585. The molecule has 1 N–H and O–H groups in total. The number of hydrogen-bond acceptors (Lipinski definition) is 5. The van der Waals surface area contributed by atoms with Gasteiger partial charge in [0.25, 0.3) is 0 Å². The van der Waals surface area contributed by atoms with Crippen LogP contribution in [0.4, 0.5) is 14.5 Å². The zero-order valence-corrected chi connectivity index (χ0v) is 9.66. The van der Waals surface area contributed by atoms with Crippen LogP contribution in [-0.4, -0.2) is 28.9 Å². The van der Waals surface area contributed by atoms with Gasteiger partial charge < -0.3 is 9.84 Å². The molecule has 9 heteroatoms. The fraction of sp³-hybridized carbons (Fsp3) is 0.0909. The van der Waals surface area contributed by atoms with Gasteiger partial charge in [-0.05, 0) is 17.7 Å². The highest BCUT2D eigenvalue weighted by molar-refractivity contribution is 5.92. The number of nitrogens with zero attached hydrogens (tertiary/aromatic N) is 1. The Morgan fingerprint density at radius 1 is 1.45 bits per heavy atom. The number of hydrogen-bond donors (Lipinski definition) is 1. The highest BCUT2D eigenvalue weighted by atomic mass is 19.3. The average Bonchev–Trinajstić information content (AvgIpc) is 2.35. The van der Waals surface area contributed by atoms with E-state index < -0.39 is 34.5 Å². The number of carboxylic acids is 1. The van der Waals surface area contributed by atoms with Crippen molar-refractivity contribution >= 4 is 24.0 Å². The summed E-state index contributed by atoms with van der Waals surface area (Å²) in [4.78, 5) is 31.0. The predicted octanol–water partition coefficient (Wildman–Crippen LogP) is 2.11. The van der Waals surface area contributed by atoms with Gasteiger partial charge in [0, 0.05) is 12.1 Å². The molecule has 0 unspecified atom stereocenters. The topological polar surface area (TPSA) is 107 Å². The minimum absolute atomic E-state index is 0.0756. The number of benzene rings is 1. The van der Waals surface area contributed by atoms with Crippen molar-refractivity contribution in [3.05, 3.63) is 39.4 Å². The van der Waals surface area contributed by atoms with Gasteiger partial charge in [0.15, 0.2) is 6.29 Å². The predicted molar refractivity (Wildman–Crippen MR) is 61.8 cm³/mol. The first-order chi connectivity index (χ1) is 9.36. The number of ether oxygens (including phenoxy) is 1. The van der Waals surface area contributed by atoms with Gasteiger partial charge in [-0.25, -0.2) is 4.79 Å². The maximum absolute atomic E-state index is 12.3. The lowest BCUT2D eigenvalue weighted by molar-refractivity contribution is -0.386. The zero-order valence-electron chi connectivity index (χ0n) is 9.66. The number of nitro groups is 1. The molecule has 7 nitrogen and oxygen atoms in total. The van der Waals surface area contributed by atoms with Crippen LogP contribution >= 0.6 is 0 Å². The summed E-state index contributed by atoms with van der Waals surface area (Å²) in [6.45, 7) is -3.37. The van der Waals surface area contributed by atoms with Crippen molar-refractivity contribution in [2.75, 3.05) is 0 Å². The Morgan fingerprint density at radius 2 is 2.10 bits per heavy atom. The number of nitro benzene ring substituents is 1. The second-order valence-corrected chi connectivity index (χ2v) is 3.34. The van der Waals surface area contributed by atoms with Gasteiger partial charge in [-0.15, -0.1) is 0 Å². The summed E-state index contributed by atoms with van der Waals surface area (Å²) >= 11 is 0. The molecule has 0 saturated heterocycles. The summed E-state index contributed by atoms with van der Waals surface area (Å²) in [7, 11) is 0. The lowest BCUT2D eigenvalue weighted by Crippen LogP contribution is -2.08. The lowest BCUT2D eigenvalue weighted by atomic mass is 10.1. The highest BCUT2D eigenvalue weighted by Crippen LogP contribution is 2.34. The number of halogens is 2. The number of aldehydes is 1. The molecule has 1 rings (SSSR count). The maximum atomic E-state index is 12.3. The van der Waals surface area contributed by atoms with Crippen molar-refractivity contribution in [2.45, 2.75) is 6.61 Å². The van der Waals surface area contributed by atoms with Crippen molar-refractivity contribution in [2.24, 2.45) is 0 Å². The summed E-state index contributed by atoms with van der Waals surface area (Å²) in [6, 6.07) is 1.89. The molecule has 20 heavy (non-hydrogen) atoms. The van der Waals surface area contributed by atoms with Crippen LogP contribution in [0.25, 0.3) is 6.08 Å². The van der Waals surface area contributed by atoms with Crippen molar-refractivity contribution in [1.82, 2.24) is 0 Å². The van der Waals surface area contributed by atoms with E-state index >= 15 is 0 Å². The molecule has 106 valence electrons. The Hall–Kier alpha value is -2.84. The minimum atomic E-state index is -3.37. The molecule has 0 spiro atoms. The molecular formula is C11H7F2NO6. The van der Waals surface area contributed by atoms with Gasteiger partial charge in [-0.2, -0.15) is 8.78 Å².